The van der Waals surface area contributed by atoms with E-state index >= 15 is 0 Å². The minimum absolute atomic E-state index is 0.192. The highest BCUT2D eigenvalue weighted by Gasteiger charge is 2.00. The molecule has 0 unspecified atom stereocenters. The van der Waals surface area contributed by atoms with Crippen LogP contribution in [0, 0.1) is 6.92 Å². The predicted molar refractivity (Wildman–Crippen MR) is 91.6 cm³/mol. The van der Waals surface area contributed by atoms with Gasteiger partial charge in [0.2, 0.25) is 5.96 Å². The van der Waals surface area contributed by atoms with E-state index in [0.29, 0.717) is 12.5 Å². The minimum atomic E-state index is 0.192. The largest absolute Gasteiger partial charge is 0.469 e. The summed E-state index contributed by atoms with van der Waals surface area (Å²) in [6.45, 7) is 10.5. The maximum Gasteiger partial charge on any atom is 0.218 e. The van der Waals surface area contributed by atoms with Gasteiger partial charge in [-0.15, -0.1) is 0 Å². The number of hydrogen-bond acceptors (Lipinski definition) is 2. The van der Waals surface area contributed by atoms with Gasteiger partial charge in [0.05, 0.1) is 6.26 Å². The van der Waals surface area contributed by atoms with Crippen molar-refractivity contribution in [3.63, 3.8) is 0 Å². The van der Waals surface area contributed by atoms with Gasteiger partial charge < -0.3 is 20.8 Å². The molecule has 6 nitrogen and oxygen atoms in total. The van der Waals surface area contributed by atoms with Crippen molar-refractivity contribution in [2.24, 2.45) is 21.5 Å². The summed E-state index contributed by atoms with van der Waals surface area (Å²) in [7, 11) is 3.59. The highest BCUT2D eigenvalue weighted by atomic mass is 16.3. The molecule has 0 aliphatic heterocycles. The number of nitrogens with two attached hydrogens (primary N) is 2. The summed E-state index contributed by atoms with van der Waals surface area (Å²) in [4.78, 5) is 9.73. The fraction of sp³-hybridized carbons (Fsp3) is 0.600. The van der Waals surface area contributed by atoms with Crippen molar-refractivity contribution in [2.45, 2.75) is 41.0 Å². The van der Waals surface area contributed by atoms with Crippen LogP contribution in [0.1, 0.15) is 39.0 Å². The lowest BCUT2D eigenvalue weighted by Gasteiger charge is -2.09. The third-order valence-corrected chi connectivity index (χ3v) is 2.31. The number of aliphatic imine (C=N–C) groups is 2. The lowest BCUT2D eigenvalue weighted by molar-refractivity contribution is 0.530. The molecule has 1 rings (SSSR count). The van der Waals surface area contributed by atoms with Gasteiger partial charge in [0.25, 0.3) is 0 Å². The number of furan rings is 1. The Labute approximate surface area is 128 Å². The smallest absolute Gasteiger partial charge is 0.218 e. The van der Waals surface area contributed by atoms with Crippen molar-refractivity contribution in [1.29, 1.82) is 0 Å². The summed E-state index contributed by atoms with van der Waals surface area (Å²) in [6, 6.07) is 1.93. The van der Waals surface area contributed by atoms with Crippen LogP contribution in [-0.2, 0) is 6.42 Å². The SMILES string of the molecule is CC.CC.Cc1occc1CCN=C(N)/N=C(\N)N(C)C. The summed E-state index contributed by atoms with van der Waals surface area (Å²) in [5, 5.41) is 0. The fourth-order valence-electron chi connectivity index (χ4n) is 1.21. The Bertz CT molecular complexity index is 421. The topological polar surface area (TPSA) is 93.1 Å². The lowest BCUT2D eigenvalue weighted by atomic mass is 10.2. The fourth-order valence-corrected chi connectivity index (χ4v) is 1.21. The average Bonchev–Trinajstić information content (AvgIpc) is 2.88. The number of guanidine groups is 2. The number of rotatable bonds is 3. The van der Waals surface area contributed by atoms with Crippen LogP contribution in [0.2, 0.25) is 0 Å². The molecule has 0 atom stereocenters. The monoisotopic (exact) mass is 297 g/mol. The Morgan fingerprint density at radius 1 is 1.19 bits per heavy atom. The molecular formula is C15H31N5O. The summed E-state index contributed by atoms with van der Waals surface area (Å²) in [5.74, 6) is 1.44. The van der Waals surface area contributed by atoms with Crippen LogP contribution in [0.3, 0.4) is 0 Å². The molecule has 0 aromatic carbocycles. The maximum atomic E-state index is 5.62. The zero-order valence-corrected chi connectivity index (χ0v) is 14.5. The minimum Gasteiger partial charge on any atom is -0.469 e. The van der Waals surface area contributed by atoms with Gasteiger partial charge in [0, 0.05) is 20.6 Å². The Morgan fingerprint density at radius 2 is 1.76 bits per heavy atom. The molecule has 0 aliphatic carbocycles. The highest BCUT2D eigenvalue weighted by molar-refractivity contribution is 5.93. The zero-order chi connectivity index (χ0) is 16.8. The third-order valence-electron chi connectivity index (χ3n) is 2.31. The molecule has 1 aromatic heterocycles. The van der Waals surface area contributed by atoms with Crippen LogP contribution in [0.5, 0.6) is 0 Å². The van der Waals surface area contributed by atoms with Gasteiger partial charge in [-0.3, -0.25) is 4.99 Å². The average molecular weight is 297 g/mol. The number of nitrogens with zero attached hydrogens (tertiary/aromatic N) is 3. The molecule has 0 amide bonds. The van der Waals surface area contributed by atoms with Crippen molar-refractivity contribution in [3.05, 3.63) is 23.7 Å². The lowest BCUT2D eigenvalue weighted by Crippen LogP contribution is -2.32. The highest BCUT2D eigenvalue weighted by Crippen LogP contribution is 2.08. The van der Waals surface area contributed by atoms with Gasteiger partial charge in [-0.2, -0.15) is 4.99 Å². The molecule has 1 heterocycles. The second-order valence-corrected chi connectivity index (χ2v) is 3.86. The van der Waals surface area contributed by atoms with E-state index in [1.165, 1.54) is 0 Å². The molecule has 6 heteroatoms. The summed E-state index contributed by atoms with van der Waals surface area (Å²) in [5.41, 5.74) is 12.4. The molecule has 0 spiro atoms. The molecule has 0 aliphatic rings. The first-order valence-corrected chi connectivity index (χ1v) is 7.35. The maximum absolute atomic E-state index is 5.62. The molecule has 4 N–H and O–H groups in total. The van der Waals surface area contributed by atoms with E-state index in [1.54, 1.807) is 25.3 Å². The van der Waals surface area contributed by atoms with E-state index in [4.69, 9.17) is 15.9 Å². The molecule has 0 radical (unpaired) electrons. The normalized spacial score (nSPS) is 11.0. The molecule has 1 aromatic rings. The molecule has 0 saturated heterocycles. The van der Waals surface area contributed by atoms with Gasteiger partial charge >= 0.3 is 0 Å². The molecule has 122 valence electrons. The summed E-state index contributed by atoms with van der Waals surface area (Å²) < 4.78 is 5.18. The van der Waals surface area contributed by atoms with Crippen molar-refractivity contribution in [1.82, 2.24) is 4.90 Å². The quantitative estimate of drug-likeness (QED) is 0.661. The van der Waals surface area contributed by atoms with E-state index in [1.807, 2.05) is 40.7 Å². The van der Waals surface area contributed by atoms with Crippen LogP contribution in [0.15, 0.2) is 26.7 Å². The third kappa shape index (κ3) is 9.54. The van der Waals surface area contributed by atoms with Gasteiger partial charge in [-0.05, 0) is 25.0 Å². The Kier molecular flexibility index (Phi) is 13.2. The van der Waals surface area contributed by atoms with E-state index < -0.39 is 0 Å². The van der Waals surface area contributed by atoms with Crippen molar-refractivity contribution in [3.8, 4) is 0 Å². The Balaban J connectivity index is 0. The van der Waals surface area contributed by atoms with E-state index in [9.17, 15) is 0 Å². The van der Waals surface area contributed by atoms with Crippen molar-refractivity contribution < 1.29 is 4.42 Å². The summed E-state index contributed by atoms with van der Waals surface area (Å²) >= 11 is 0. The van der Waals surface area contributed by atoms with Gasteiger partial charge in [-0.1, -0.05) is 27.7 Å². The zero-order valence-electron chi connectivity index (χ0n) is 14.5. The molecule has 0 saturated carbocycles. The molecule has 0 fully saturated rings. The standard InChI is InChI=1S/C11H19N5O.2C2H6/c1-8-9(5-7-17-8)4-6-14-10(12)15-11(13)16(2)3;2*1-2/h5,7H,4,6H2,1-3H3,(H4,12,13,14,15);2*1-2H3. The predicted octanol–water partition coefficient (Wildman–Crippen LogP) is 2.37. The molecule has 21 heavy (non-hydrogen) atoms. The van der Waals surface area contributed by atoms with Crippen LogP contribution in [0.25, 0.3) is 0 Å². The second-order valence-electron chi connectivity index (χ2n) is 3.86. The molecule has 0 bridgehead atoms. The van der Waals surface area contributed by atoms with E-state index in [-0.39, 0.29) is 5.96 Å². The summed E-state index contributed by atoms with van der Waals surface area (Å²) in [6.07, 6.45) is 2.44. The van der Waals surface area contributed by atoms with Gasteiger partial charge in [-0.25, -0.2) is 0 Å². The van der Waals surface area contributed by atoms with Crippen LogP contribution >= 0.6 is 0 Å². The number of hydrogen-bond donors (Lipinski definition) is 2. The number of aryl methyl sites for hydroxylation is 1. The first-order chi connectivity index (χ1) is 10.0. The van der Waals surface area contributed by atoms with E-state index in [2.05, 4.69) is 9.98 Å². The van der Waals surface area contributed by atoms with Crippen molar-refractivity contribution >= 4 is 11.9 Å². The molecular weight excluding hydrogens is 266 g/mol. The van der Waals surface area contributed by atoms with Crippen LogP contribution in [0.4, 0.5) is 0 Å². The van der Waals surface area contributed by atoms with E-state index in [0.717, 1.165) is 17.7 Å². The van der Waals surface area contributed by atoms with Gasteiger partial charge in [0.1, 0.15) is 5.76 Å². The van der Waals surface area contributed by atoms with Crippen LogP contribution in [-0.4, -0.2) is 37.5 Å². The first kappa shape index (κ1) is 21.3. The van der Waals surface area contributed by atoms with Gasteiger partial charge in [0.15, 0.2) is 5.96 Å². The van der Waals surface area contributed by atoms with Crippen LogP contribution < -0.4 is 11.5 Å². The Hall–Kier alpha value is -1.98. The first-order valence-electron chi connectivity index (χ1n) is 7.35. The Morgan fingerprint density at radius 3 is 2.19 bits per heavy atom. The van der Waals surface area contributed by atoms with Crippen molar-refractivity contribution in [2.75, 3.05) is 20.6 Å². The second kappa shape index (κ2) is 13.0.